The number of benzene rings is 2. The maximum atomic E-state index is 6.46. The van der Waals surface area contributed by atoms with Crippen LogP contribution < -0.4 is 10.2 Å². The van der Waals surface area contributed by atoms with E-state index in [4.69, 9.17) is 23.2 Å². The Hall–Kier alpha value is -1.22. The lowest BCUT2D eigenvalue weighted by molar-refractivity contribution is 0.612. The molecule has 0 radical (unpaired) electrons. The van der Waals surface area contributed by atoms with Crippen LogP contribution in [0.1, 0.15) is 12.0 Å². The van der Waals surface area contributed by atoms with Crippen LogP contribution >= 0.6 is 23.2 Å². The first-order valence-corrected chi connectivity index (χ1v) is 8.55. The lowest BCUT2D eigenvalue weighted by Gasteiger charge is -2.27. The third kappa shape index (κ3) is 2.30. The second-order valence-corrected chi connectivity index (χ2v) is 6.81. The predicted octanol–water partition coefficient (Wildman–Crippen LogP) is 4.38. The largest absolute Gasteiger partial charge is 0.366 e. The lowest BCUT2D eigenvalue weighted by atomic mass is 9.99. The molecule has 1 unspecified atom stereocenters. The van der Waals surface area contributed by atoms with Gasteiger partial charge in [0.1, 0.15) is 0 Å². The molecule has 114 valence electrons. The van der Waals surface area contributed by atoms with E-state index in [0.29, 0.717) is 6.04 Å². The minimum Gasteiger partial charge on any atom is -0.366 e. The molecule has 1 saturated heterocycles. The molecular formula is C18H18Cl2N2. The van der Waals surface area contributed by atoms with Crippen molar-refractivity contribution in [2.75, 3.05) is 24.5 Å². The van der Waals surface area contributed by atoms with E-state index in [1.807, 2.05) is 18.2 Å². The summed E-state index contributed by atoms with van der Waals surface area (Å²) in [6.45, 7) is 3.16. The molecule has 0 bridgehead atoms. The minimum absolute atomic E-state index is 0.590. The molecule has 22 heavy (non-hydrogen) atoms. The van der Waals surface area contributed by atoms with Gasteiger partial charge in [-0.3, -0.25) is 0 Å². The van der Waals surface area contributed by atoms with E-state index in [1.165, 1.54) is 17.7 Å². The number of hydrogen-bond donors (Lipinski definition) is 1. The number of hydrogen-bond acceptors (Lipinski definition) is 2. The minimum atomic E-state index is 0.590. The number of anilines is 1. The van der Waals surface area contributed by atoms with Gasteiger partial charge in [0.2, 0.25) is 0 Å². The normalized spacial score (nSPS) is 20.5. The topological polar surface area (TPSA) is 15.3 Å². The van der Waals surface area contributed by atoms with Crippen LogP contribution in [0.3, 0.4) is 0 Å². The molecular weight excluding hydrogens is 315 g/mol. The van der Waals surface area contributed by atoms with Crippen molar-refractivity contribution in [3.8, 4) is 11.1 Å². The summed E-state index contributed by atoms with van der Waals surface area (Å²) in [5.74, 6) is 0. The Labute approximate surface area is 141 Å². The molecule has 0 aliphatic carbocycles. The van der Waals surface area contributed by atoms with Gasteiger partial charge in [-0.1, -0.05) is 47.5 Å². The molecule has 0 amide bonds. The van der Waals surface area contributed by atoms with E-state index >= 15 is 0 Å². The molecule has 2 heterocycles. The Kier molecular flexibility index (Phi) is 3.77. The van der Waals surface area contributed by atoms with Gasteiger partial charge in [-0.15, -0.1) is 0 Å². The molecule has 4 rings (SSSR count). The zero-order valence-electron chi connectivity index (χ0n) is 12.3. The van der Waals surface area contributed by atoms with Crippen molar-refractivity contribution in [2.45, 2.75) is 18.9 Å². The number of halogens is 2. The predicted molar refractivity (Wildman–Crippen MR) is 94.2 cm³/mol. The fourth-order valence-electron chi connectivity index (χ4n) is 3.74. The van der Waals surface area contributed by atoms with Crippen LogP contribution in [-0.4, -0.2) is 25.7 Å². The average Bonchev–Trinajstić information content (AvgIpc) is 2.70. The second kappa shape index (κ2) is 5.77. The second-order valence-electron chi connectivity index (χ2n) is 6.00. The Morgan fingerprint density at radius 1 is 1.00 bits per heavy atom. The molecule has 1 N–H and O–H groups in total. The Morgan fingerprint density at radius 3 is 2.59 bits per heavy atom. The van der Waals surface area contributed by atoms with Gasteiger partial charge >= 0.3 is 0 Å². The summed E-state index contributed by atoms with van der Waals surface area (Å²) in [5.41, 5.74) is 4.87. The maximum absolute atomic E-state index is 6.46. The molecule has 0 saturated carbocycles. The van der Waals surface area contributed by atoms with Gasteiger partial charge in [-0.05, 0) is 37.1 Å². The summed E-state index contributed by atoms with van der Waals surface area (Å²) in [5, 5.41) is 4.93. The van der Waals surface area contributed by atoms with E-state index in [1.54, 1.807) is 0 Å². The number of nitrogens with zero attached hydrogens (tertiary/aromatic N) is 1. The van der Waals surface area contributed by atoms with Crippen LogP contribution in [-0.2, 0) is 6.42 Å². The van der Waals surface area contributed by atoms with Gasteiger partial charge in [0, 0.05) is 46.0 Å². The SMILES string of the molecule is Clc1cccc(Cl)c1-c1cccc2c1N1CCNCCC1C2. The van der Waals surface area contributed by atoms with E-state index in [9.17, 15) is 0 Å². The molecule has 2 nitrogen and oxygen atoms in total. The summed E-state index contributed by atoms with van der Waals surface area (Å²) in [6, 6.07) is 12.8. The molecule has 2 aliphatic heterocycles. The van der Waals surface area contributed by atoms with Gasteiger partial charge in [0.25, 0.3) is 0 Å². The van der Waals surface area contributed by atoms with Gasteiger partial charge in [-0.25, -0.2) is 0 Å². The Morgan fingerprint density at radius 2 is 1.77 bits per heavy atom. The maximum Gasteiger partial charge on any atom is 0.0500 e. The quantitative estimate of drug-likeness (QED) is 0.833. The van der Waals surface area contributed by atoms with Crippen molar-refractivity contribution in [3.63, 3.8) is 0 Å². The van der Waals surface area contributed by atoms with Crippen LogP contribution in [0.4, 0.5) is 5.69 Å². The van der Waals surface area contributed by atoms with Gasteiger partial charge in [-0.2, -0.15) is 0 Å². The van der Waals surface area contributed by atoms with Crippen molar-refractivity contribution in [2.24, 2.45) is 0 Å². The highest BCUT2D eigenvalue weighted by Crippen LogP contribution is 2.45. The molecule has 2 aliphatic rings. The summed E-state index contributed by atoms with van der Waals surface area (Å²) in [6.07, 6.45) is 2.30. The number of rotatable bonds is 1. The molecule has 1 atom stereocenters. The highest BCUT2D eigenvalue weighted by atomic mass is 35.5. The molecule has 0 spiro atoms. The fraction of sp³-hybridized carbons (Fsp3) is 0.333. The van der Waals surface area contributed by atoms with E-state index in [0.717, 1.165) is 47.2 Å². The molecule has 0 aromatic heterocycles. The zero-order chi connectivity index (χ0) is 15.1. The summed E-state index contributed by atoms with van der Waals surface area (Å²) in [4.78, 5) is 2.55. The summed E-state index contributed by atoms with van der Waals surface area (Å²) >= 11 is 12.9. The van der Waals surface area contributed by atoms with Crippen LogP contribution in [0, 0.1) is 0 Å². The monoisotopic (exact) mass is 332 g/mol. The molecule has 2 aromatic carbocycles. The Bertz CT molecular complexity index is 694. The van der Waals surface area contributed by atoms with E-state index in [2.05, 4.69) is 28.4 Å². The van der Waals surface area contributed by atoms with Gasteiger partial charge in [0.15, 0.2) is 0 Å². The first kappa shape index (κ1) is 14.4. The van der Waals surface area contributed by atoms with Gasteiger partial charge in [0.05, 0.1) is 0 Å². The zero-order valence-corrected chi connectivity index (χ0v) is 13.8. The molecule has 4 heteroatoms. The standard InChI is InChI=1S/C18H18Cl2N2/c19-15-5-2-6-16(20)17(15)14-4-1-3-12-11-13-7-8-21-9-10-22(13)18(12)14/h1-6,13,21H,7-11H2. The van der Waals surface area contributed by atoms with Crippen LogP contribution in [0.5, 0.6) is 0 Å². The summed E-state index contributed by atoms with van der Waals surface area (Å²) in [7, 11) is 0. The van der Waals surface area contributed by atoms with Gasteiger partial charge < -0.3 is 10.2 Å². The highest BCUT2D eigenvalue weighted by molar-refractivity contribution is 6.39. The molecule has 1 fully saturated rings. The smallest absolute Gasteiger partial charge is 0.0500 e. The van der Waals surface area contributed by atoms with Crippen LogP contribution in [0.2, 0.25) is 10.0 Å². The average molecular weight is 333 g/mol. The van der Waals surface area contributed by atoms with Crippen LogP contribution in [0.15, 0.2) is 36.4 Å². The lowest BCUT2D eigenvalue weighted by Crippen LogP contribution is -2.33. The Balaban J connectivity index is 1.89. The van der Waals surface area contributed by atoms with Crippen molar-refractivity contribution in [1.82, 2.24) is 5.32 Å². The number of para-hydroxylation sites is 1. The summed E-state index contributed by atoms with van der Waals surface area (Å²) < 4.78 is 0. The van der Waals surface area contributed by atoms with Crippen molar-refractivity contribution in [1.29, 1.82) is 0 Å². The first-order valence-electron chi connectivity index (χ1n) is 7.79. The van der Waals surface area contributed by atoms with Crippen molar-refractivity contribution >= 4 is 28.9 Å². The van der Waals surface area contributed by atoms with Crippen molar-refractivity contribution in [3.05, 3.63) is 52.0 Å². The first-order chi connectivity index (χ1) is 10.8. The van der Waals surface area contributed by atoms with Crippen molar-refractivity contribution < 1.29 is 0 Å². The molecule has 2 aromatic rings. The third-order valence-corrected chi connectivity index (χ3v) is 5.35. The fourth-order valence-corrected chi connectivity index (χ4v) is 4.35. The third-order valence-electron chi connectivity index (χ3n) is 4.72. The number of nitrogens with one attached hydrogen (secondary N) is 1. The number of fused-ring (bicyclic) bond motifs is 3. The van der Waals surface area contributed by atoms with E-state index < -0.39 is 0 Å². The van der Waals surface area contributed by atoms with E-state index in [-0.39, 0.29) is 0 Å². The highest BCUT2D eigenvalue weighted by Gasteiger charge is 2.32. The van der Waals surface area contributed by atoms with Crippen LogP contribution in [0.25, 0.3) is 11.1 Å².